The molecule has 1 amide bonds. The van der Waals surface area contributed by atoms with E-state index in [0.29, 0.717) is 35.0 Å². The van der Waals surface area contributed by atoms with Crippen LogP contribution in [-0.2, 0) is 10.9 Å². The molecule has 3 heterocycles. The highest BCUT2D eigenvalue weighted by molar-refractivity contribution is 6.05. The van der Waals surface area contributed by atoms with Crippen molar-refractivity contribution in [1.82, 2.24) is 19.9 Å². The van der Waals surface area contributed by atoms with Gasteiger partial charge in [0.25, 0.3) is 5.91 Å². The lowest BCUT2D eigenvalue weighted by atomic mass is 10.1. The molecule has 0 bridgehead atoms. The number of carbonyl (C=O) groups is 1. The molecule has 1 aliphatic rings. The highest BCUT2D eigenvalue weighted by Crippen LogP contribution is 2.38. The molecule has 0 saturated carbocycles. The molecule has 1 aliphatic heterocycles. The molecule has 13 heteroatoms. The molecule has 0 radical (unpaired) electrons. The Morgan fingerprint density at radius 2 is 1.98 bits per heavy atom. The van der Waals surface area contributed by atoms with E-state index in [-0.39, 0.29) is 23.1 Å². The van der Waals surface area contributed by atoms with Gasteiger partial charge in [0.05, 0.1) is 25.0 Å². The van der Waals surface area contributed by atoms with Gasteiger partial charge in [0, 0.05) is 30.1 Å². The van der Waals surface area contributed by atoms with Crippen molar-refractivity contribution in [3.63, 3.8) is 0 Å². The highest BCUT2D eigenvalue weighted by atomic mass is 19.4. The molecular formula is C28H28F3N7O3. The first-order valence-corrected chi connectivity index (χ1v) is 13.0. The monoisotopic (exact) mass is 567 g/mol. The lowest BCUT2D eigenvalue weighted by Crippen LogP contribution is -2.27. The molecule has 2 aromatic heterocycles. The van der Waals surface area contributed by atoms with Crippen LogP contribution in [0.25, 0.3) is 11.0 Å². The number of nitrogens with zero attached hydrogens (tertiary/aromatic N) is 4. The number of carbonyl (C=O) groups excluding carboxylic acids is 1. The first kappa shape index (κ1) is 28.0. The van der Waals surface area contributed by atoms with Crippen LogP contribution in [0.2, 0.25) is 0 Å². The van der Waals surface area contributed by atoms with Gasteiger partial charge in [0.1, 0.15) is 23.1 Å². The Balaban J connectivity index is 1.35. The van der Waals surface area contributed by atoms with E-state index in [0.717, 1.165) is 50.7 Å². The van der Waals surface area contributed by atoms with Crippen LogP contribution in [0.4, 0.5) is 36.3 Å². The van der Waals surface area contributed by atoms with Crippen LogP contribution in [-0.4, -0.2) is 52.2 Å². The third-order valence-electron chi connectivity index (χ3n) is 6.65. The normalized spacial score (nSPS) is 15.4. The van der Waals surface area contributed by atoms with Gasteiger partial charge in [-0.1, -0.05) is 6.07 Å². The number of fused-ring (bicyclic) bond motifs is 1. The zero-order chi connectivity index (χ0) is 29.0. The number of alkyl halides is 3. The maximum atomic E-state index is 13.4. The SMILES string of the molecule is COc1ccc(NC(=O)c2ccc(C)c(Nc3ncnc4cnc(NCC5CCCCO5)nc34)c2)cc1C(F)(F)F. The molecule has 1 fully saturated rings. The quantitative estimate of drug-likeness (QED) is 0.245. The molecule has 41 heavy (non-hydrogen) atoms. The predicted octanol–water partition coefficient (Wildman–Crippen LogP) is 5.73. The Kier molecular flexibility index (Phi) is 8.15. The number of amides is 1. The average molecular weight is 568 g/mol. The summed E-state index contributed by atoms with van der Waals surface area (Å²) in [6, 6.07) is 8.24. The molecule has 1 unspecified atom stereocenters. The number of aromatic nitrogens is 4. The molecule has 0 spiro atoms. The molecular weight excluding hydrogens is 539 g/mol. The number of hydrogen-bond acceptors (Lipinski definition) is 9. The Hall–Kier alpha value is -4.52. The van der Waals surface area contributed by atoms with Gasteiger partial charge in [-0.15, -0.1) is 0 Å². The number of anilines is 4. The van der Waals surface area contributed by atoms with Gasteiger partial charge in [-0.05, 0) is 62.1 Å². The van der Waals surface area contributed by atoms with Crippen LogP contribution >= 0.6 is 0 Å². The Labute approximate surface area is 233 Å². The minimum atomic E-state index is -4.64. The van der Waals surface area contributed by atoms with E-state index in [2.05, 4.69) is 35.9 Å². The topological polar surface area (TPSA) is 123 Å². The standard InChI is InChI=1S/C28H28F3N7O3/c1-16-6-7-17(26(39)36-18-8-9-23(40-2)20(12-18)28(29,30)31)11-21(16)37-25-24-22(34-15-35-25)14-33-27(38-24)32-13-19-5-3-4-10-41-19/h6-9,11-12,14-15,19H,3-5,10,13H2,1-2H3,(H,36,39)(H,32,33,38)(H,34,35,37). The van der Waals surface area contributed by atoms with E-state index < -0.39 is 17.6 Å². The van der Waals surface area contributed by atoms with E-state index in [4.69, 9.17) is 9.47 Å². The molecule has 2 aromatic carbocycles. The fourth-order valence-electron chi connectivity index (χ4n) is 4.44. The van der Waals surface area contributed by atoms with E-state index in [1.165, 1.54) is 12.4 Å². The first-order chi connectivity index (χ1) is 19.7. The van der Waals surface area contributed by atoms with Crippen LogP contribution in [0.5, 0.6) is 5.75 Å². The van der Waals surface area contributed by atoms with Gasteiger partial charge in [0.2, 0.25) is 5.95 Å². The van der Waals surface area contributed by atoms with Crippen molar-refractivity contribution in [2.45, 2.75) is 38.5 Å². The van der Waals surface area contributed by atoms with E-state index in [1.807, 2.05) is 6.92 Å². The van der Waals surface area contributed by atoms with Crippen molar-refractivity contribution in [3.8, 4) is 5.75 Å². The third-order valence-corrected chi connectivity index (χ3v) is 6.65. The number of aryl methyl sites for hydroxylation is 1. The maximum absolute atomic E-state index is 13.4. The fourth-order valence-corrected chi connectivity index (χ4v) is 4.44. The van der Waals surface area contributed by atoms with Crippen molar-refractivity contribution in [2.24, 2.45) is 0 Å². The largest absolute Gasteiger partial charge is 0.496 e. The summed E-state index contributed by atoms with van der Waals surface area (Å²) in [5, 5.41) is 8.95. The second kappa shape index (κ2) is 11.9. The molecule has 1 saturated heterocycles. The number of benzene rings is 2. The zero-order valence-corrected chi connectivity index (χ0v) is 22.4. The van der Waals surface area contributed by atoms with Crippen molar-refractivity contribution >= 4 is 40.1 Å². The summed E-state index contributed by atoms with van der Waals surface area (Å²) < 4.78 is 50.8. The summed E-state index contributed by atoms with van der Waals surface area (Å²) in [5.41, 5.74) is 1.59. The summed E-state index contributed by atoms with van der Waals surface area (Å²) in [6.07, 6.45) is 1.60. The number of rotatable bonds is 8. The summed E-state index contributed by atoms with van der Waals surface area (Å²) in [7, 11) is 1.15. The zero-order valence-electron chi connectivity index (χ0n) is 22.4. The fraction of sp³-hybridized carbons (Fsp3) is 0.321. The summed E-state index contributed by atoms with van der Waals surface area (Å²) >= 11 is 0. The van der Waals surface area contributed by atoms with Crippen molar-refractivity contribution in [1.29, 1.82) is 0 Å². The van der Waals surface area contributed by atoms with Crippen LogP contribution < -0.4 is 20.7 Å². The Morgan fingerprint density at radius 1 is 1.12 bits per heavy atom. The average Bonchev–Trinajstić information content (AvgIpc) is 2.97. The number of hydrogen-bond donors (Lipinski definition) is 3. The third kappa shape index (κ3) is 6.62. The molecule has 0 aliphatic carbocycles. The van der Waals surface area contributed by atoms with Crippen molar-refractivity contribution in [2.75, 3.05) is 36.2 Å². The van der Waals surface area contributed by atoms with Crippen molar-refractivity contribution < 1.29 is 27.4 Å². The number of halogens is 3. The molecule has 1 atom stereocenters. The van der Waals surface area contributed by atoms with Crippen molar-refractivity contribution in [3.05, 3.63) is 65.6 Å². The molecule has 5 rings (SSSR count). The Bertz CT molecular complexity index is 1560. The molecule has 3 N–H and O–H groups in total. The second-order valence-electron chi connectivity index (χ2n) is 9.54. The summed E-state index contributed by atoms with van der Waals surface area (Å²) in [6.45, 7) is 3.17. The van der Waals surface area contributed by atoms with Gasteiger partial charge in [-0.3, -0.25) is 4.79 Å². The number of nitrogens with one attached hydrogen (secondary N) is 3. The first-order valence-electron chi connectivity index (χ1n) is 13.0. The van der Waals surface area contributed by atoms with E-state index in [9.17, 15) is 18.0 Å². The number of methoxy groups -OCH3 is 1. The van der Waals surface area contributed by atoms with Gasteiger partial charge >= 0.3 is 6.18 Å². The predicted molar refractivity (Wildman–Crippen MR) is 148 cm³/mol. The van der Waals surface area contributed by atoms with Gasteiger partial charge in [-0.2, -0.15) is 13.2 Å². The summed E-state index contributed by atoms with van der Waals surface area (Å²) in [5.74, 6) is -0.108. The minimum Gasteiger partial charge on any atom is -0.496 e. The highest BCUT2D eigenvalue weighted by Gasteiger charge is 2.34. The lowest BCUT2D eigenvalue weighted by Gasteiger charge is -2.22. The minimum absolute atomic E-state index is 0.0182. The van der Waals surface area contributed by atoms with E-state index in [1.54, 1.807) is 24.4 Å². The van der Waals surface area contributed by atoms with Crippen LogP contribution in [0.15, 0.2) is 48.9 Å². The molecule has 214 valence electrons. The van der Waals surface area contributed by atoms with Crippen LogP contribution in [0.1, 0.15) is 40.7 Å². The summed E-state index contributed by atoms with van der Waals surface area (Å²) in [4.78, 5) is 30.5. The van der Waals surface area contributed by atoms with Crippen LogP contribution in [0.3, 0.4) is 0 Å². The smallest absolute Gasteiger partial charge is 0.420 e. The Morgan fingerprint density at radius 3 is 2.73 bits per heavy atom. The molecule has 10 nitrogen and oxygen atoms in total. The lowest BCUT2D eigenvalue weighted by molar-refractivity contribution is -0.138. The van der Waals surface area contributed by atoms with Gasteiger partial charge in [-0.25, -0.2) is 19.9 Å². The second-order valence-corrected chi connectivity index (χ2v) is 9.54. The van der Waals surface area contributed by atoms with E-state index >= 15 is 0 Å². The maximum Gasteiger partial charge on any atom is 0.420 e. The van der Waals surface area contributed by atoms with Crippen LogP contribution in [0, 0.1) is 6.92 Å². The molecule has 4 aromatic rings. The van der Waals surface area contributed by atoms with Gasteiger partial charge < -0.3 is 25.4 Å². The number of ether oxygens (including phenoxy) is 2. The van der Waals surface area contributed by atoms with Gasteiger partial charge in [0.15, 0.2) is 5.82 Å².